The lowest BCUT2D eigenvalue weighted by molar-refractivity contribution is -0.117. The first-order valence-electron chi connectivity index (χ1n) is 5.94. The third kappa shape index (κ3) is 3.33. The third-order valence-corrected chi connectivity index (χ3v) is 3.49. The molecule has 20 heavy (non-hydrogen) atoms. The predicted octanol–water partition coefficient (Wildman–Crippen LogP) is 1.26. The van der Waals surface area contributed by atoms with Crippen LogP contribution in [0.15, 0.2) is 35.7 Å². The molecule has 0 unspecified atom stereocenters. The van der Waals surface area contributed by atoms with Crippen molar-refractivity contribution < 1.29 is 9.59 Å². The highest BCUT2D eigenvalue weighted by Crippen LogP contribution is 2.28. The zero-order chi connectivity index (χ0) is 14.5. The molecule has 104 valence electrons. The van der Waals surface area contributed by atoms with Crippen LogP contribution < -0.4 is 16.4 Å². The van der Waals surface area contributed by atoms with Crippen molar-refractivity contribution in [3.05, 3.63) is 41.4 Å². The second-order valence-electron chi connectivity index (χ2n) is 4.08. The molecular formula is C13H14N4O2S. The number of aromatic nitrogens is 1. The molecular weight excluding hydrogens is 276 g/mol. The van der Waals surface area contributed by atoms with Crippen molar-refractivity contribution in [2.24, 2.45) is 11.5 Å². The number of nitrogens with zero attached hydrogens (tertiary/aromatic N) is 2. The highest BCUT2D eigenvalue weighted by molar-refractivity contribution is 7.14. The van der Waals surface area contributed by atoms with E-state index in [1.54, 1.807) is 5.38 Å². The lowest BCUT2D eigenvalue weighted by atomic mass is 10.3. The van der Waals surface area contributed by atoms with Gasteiger partial charge in [-0.05, 0) is 12.1 Å². The van der Waals surface area contributed by atoms with Crippen LogP contribution in [0.4, 0.5) is 10.8 Å². The maximum Gasteiger partial charge on any atom is 0.268 e. The number of nitrogens with two attached hydrogens (primary N) is 2. The second-order valence-corrected chi connectivity index (χ2v) is 4.92. The van der Waals surface area contributed by atoms with Gasteiger partial charge in [-0.1, -0.05) is 18.2 Å². The van der Waals surface area contributed by atoms with Crippen molar-refractivity contribution in [3.8, 4) is 0 Å². The molecule has 2 rings (SSSR count). The summed E-state index contributed by atoms with van der Waals surface area (Å²) in [6.45, 7) is 0.394. The number of hydrogen-bond acceptors (Lipinski definition) is 5. The Hall–Kier alpha value is -2.41. The zero-order valence-corrected chi connectivity index (χ0v) is 11.5. The summed E-state index contributed by atoms with van der Waals surface area (Å²) in [5, 5.41) is 2.20. The quantitative estimate of drug-likeness (QED) is 0.835. The van der Waals surface area contributed by atoms with Crippen LogP contribution >= 0.6 is 11.3 Å². The van der Waals surface area contributed by atoms with E-state index in [2.05, 4.69) is 4.98 Å². The third-order valence-electron chi connectivity index (χ3n) is 2.63. The molecule has 0 fully saturated rings. The van der Waals surface area contributed by atoms with Crippen LogP contribution in [0.5, 0.6) is 0 Å². The number of carbonyl (C=O) groups is 2. The summed E-state index contributed by atoms with van der Waals surface area (Å²) >= 11 is 1.29. The van der Waals surface area contributed by atoms with Crippen LogP contribution in [0.3, 0.4) is 0 Å². The van der Waals surface area contributed by atoms with Crippen LogP contribution in [-0.2, 0) is 4.79 Å². The fourth-order valence-electron chi connectivity index (χ4n) is 1.67. The van der Waals surface area contributed by atoms with E-state index in [-0.39, 0.29) is 12.1 Å². The standard InChI is InChI=1S/C13H14N4O2S/c14-11(18)6-7-17(9-4-2-1-3-5-9)13-16-10(8-20-13)12(15)19/h1-5,8H,6-7H2,(H2,14,18)(H2,15,19). The maximum absolute atomic E-state index is 11.1. The van der Waals surface area contributed by atoms with Gasteiger partial charge < -0.3 is 16.4 Å². The number of anilines is 2. The van der Waals surface area contributed by atoms with E-state index < -0.39 is 11.8 Å². The fraction of sp³-hybridized carbons (Fsp3) is 0.154. The van der Waals surface area contributed by atoms with Gasteiger partial charge >= 0.3 is 0 Å². The van der Waals surface area contributed by atoms with Crippen molar-refractivity contribution in [3.63, 3.8) is 0 Å². The minimum absolute atomic E-state index is 0.195. The molecule has 0 aliphatic carbocycles. The molecule has 0 spiro atoms. The molecule has 2 aromatic rings. The summed E-state index contributed by atoms with van der Waals surface area (Å²) in [4.78, 5) is 28.1. The molecule has 1 aromatic heterocycles. The van der Waals surface area contributed by atoms with Gasteiger partial charge in [0.25, 0.3) is 5.91 Å². The van der Waals surface area contributed by atoms with E-state index in [9.17, 15) is 9.59 Å². The Labute approximate surface area is 120 Å². The topological polar surface area (TPSA) is 102 Å². The van der Waals surface area contributed by atoms with Gasteiger partial charge in [-0.3, -0.25) is 9.59 Å². The first kappa shape index (κ1) is 14.0. The summed E-state index contributed by atoms with van der Waals surface area (Å²) in [5.74, 6) is -0.965. The number of amides is 2. The molecule has 0 atom stereocenters. The van der Waals surface area contributed by atoms with Gasteiger partial charge in [0.15, 0.2) is 5.13 Å². The van der Waals surface area contributed by atoms with Gasteiger partial charge in [0.2, 0.25) is 5.91 Å². The van der Waals surface area contributed by atoms with Crippen LogP contribution in [0, 0.1) is 0 Å². The van der Waals surface area contributed by atoms with Crippen molar-refractivity contribution >= 4 is 34.0 Å². The average molecular weight is 290 g/mol. The number of para-hydroxylation sites is 1. The normalized spacial score (nSPS) is 10.2. The molecule has 4 N–H and O–H groups in total. The Bertz CT molecular complexity index is 612. The Morgan fingerprint density at radius 1 is 1.20 bits per heavy atom. The number of hydrogen-bond donors (Lipinski definition) is 2. The van der Waals surface area contributed by atoms with E-state index in [1.165, 1.54) is 11.3 Å². The number of benzene rings is 1. The second kappa shape index (κ2) is 6.16. The van der Waals surface area contributed by atoms with E-state index in [1.807, 2.05) is 35.2 Å². The monoisotopic (exact) mass is 290 g/mol. The van der Waals surface area contributed by atoms with Crippen molar-refractivity contribution in [1.29, 1.82) is 0 Å². The minimum Gasteiger partial charge on any atom is -0.370 e. The van der Waals surface area contributed by atoms with Crippen LogP contribution in [0.25, 0.3) is 0 Å². The summed E-state index contributed by atoms with van der Waals surface area (Å²) in [6.07, 6.45) is 0.195. The summed E-state index contributed by atoms with van der Waals surface area (Å²) in [6, 6.07) is 9.45. The van der Waals surface area contributed by atoms with Crippen LogP contribution in [0.1, 0.15) is 16.9 Å². The highest BCUT2D eigenvalue weighted by atomic mass is 32.1. The fourth-order valence-corrected chi connectivity index (χ4v) is 2.53. The Morgan fingerprint density at radius 3 is 2.45 bits per heavy atom. The smallest absolute Gasteiger partial charge is 0.268 e. The molecule has 0 radical (unpaired) electrons. The van der Waals surface area contributed by atoms with E-state index in [0.717, 1.165) is 5.69 Å². The minimum atomic E-state index is -0.574. The molecule has 1 aromatic carbocycles. The first-order chi connectivity index (χ1) is 9.58. The van der Waals surface area contributed by atoms with E-state index in [0.29, 0.717) is 11.7 Å². The molecule has 0 aliphatic heterocycles. The van der Waals surface area contributed by atoms with Gasteiger partial charge in [-0.2, -0.15) is 0 Å². The average Bonchev–Trinajstić information content (AvgIpc) is 2.90. The Kier molecular flexibility index (Phi) is 4.31. The number of carbonyl (C=O) groups excluding carboxylic acids is 2. The van der Waals surface area contributed by atoms with Gasteiger partial charge in [0, 0.05) is 24.0 Å². The molecule has 0 aliphatic rings. The van der Waals surface area contributed by atoms with Gasteiger partial charge in [0.1, 0.15) is 5.69 Å². The van der Waals surface area contributed by atoms with Gasteiger partial charge in [0.05, 0.1) is 0 Å². The largest absolute Gasteiger partial charge is 0.370 e. The number of primary amides is 2. The zero-order valence-electron chi connectivity index (χ0n) is 10.7. The molecule has 0 saturated carbocycles. The molecule has 0 bridgehead atoms. The van der Waals surface area contributed by atoms with Crippen molar-refractivity contribution in [2.45, 2.75) is 6.42 Å². The highest BCUT2D eigenvalue weighted by Gasteiger charge is 2.15. The van der Waals surface area contributed by atoms with Gasteiger partial charge in [-0.25, -0.2) is 4.98 Å². The van der Waals surface area contributed by atoms with E-state index in [4.69, 9.17) is 11.5 Å². The lowest BCUT2D eigenvalue weighted by Gasteiger charge is -2.21. The number of thiazole rings is 1. The molecule has 0 saturated heterocycles. The van der Waals surface area contributed by atoms with E-state index >= 15 is 0 Å². The van der Waals surface area contributed by atoms with Crippen molar-refractivity contribution in [1.82, 2.24) is 4.98 Å². The molecule has 7 heteroatoms. The number of rotatable bonds is 6. The summed E-state index contributed by atoms with van der Waals surface area (Å²) < 4.78 is 0. The predicted molar refractivity (Wildman–Crippen MR) is 77.9 cm³/mol. The Balaban J connectivity index is 2.30. The SMILES string of the molecule is NC(=O)CCN(c1ccccc1)c1nc(C(N)=O)cs1. The van der Waals surface area contributed by atoms with Crippen molar-refractivity contribution in [2.75, 3.05) is 11.4 Å². The molecule has 2 amide bonds. The van der Waals surface area contributed by atoms with Crippen LogP contribution in [0.2, 0.25) is 0 Å². The summed E-state index contributed by atoms with van der Waals surface area (Å²) in [5.41, 5.74) is 11.5. The summed E-state index contributed by atoms with van der Waals surface area (Å²) in [7, 11) is 0. The Morgan fingerprint density at radius 2 is 1.90 bits per heavy atom. The van der Waals surface area contributed by atoms with Crippen LogP contribution in [-0.4, -0.2) is 23.3 Å². The molecule has 1 heterocycles. The molecule has 6 nitrogen and oxygen atoms in total. The lowest BCUT2D eigenvalue weighted by Crippen LogP contribution is -2.24. The maximum atomic E-state index is 11.1. The van der Waals surface area contributed by atoms with Gasteiger partial charge in [-0.15, -0.1) is 11.3 Å². The first-order valence-corrected chi connectivity index (χ1v) is 6.82.